The molecule has 5 rings (SSSR count). The Labute approximate surface area is 228 Å². The van der Waals surface area contributed by atoms with Gasteiger partial charge in [0.1, 0.15) is 23.4 Å². The summed E-state index contributed by atoms with van der Waals surface area (Å²) in [4.78, 5) is 66.6. The lowest BCUT2D eigenvalue weighted by atomic mass is 9.33. The third kappa shape index (κ3) is 2.84. The van der Waals surface area contributed by atoms with E-state index in [1.807, 2.05) is 26.8 Å². The Morgan fingerprint density at radius 2 is 1.67 bits per heavy atom. The monoisotopic (exact) mass is 542 g/mol. The van der Waals surface area contributed by atoms with Gasteiger partial charge in [0, 0.05) is 42.1 Å². The van der Waals surface area contributed by atoms with Crippen molar-refractivity contribution in [3.05, 3.63) is 23.0 Å². The molecule has 212 valence electrons. The zero-order valence-electron chi connectivity index (χ0n) is 24.2. The highest BCUT2D eigenvalue weighted by Gasteiger charge is 2.85. The molecule has 3 fully saturated rings. The van der Waals surface area contributed by atoms with Gasteiger partial charge >= 0.3 is 23.9 Å². The maximum absolute atomic E-state index is 14.2. The van der Waals surface area contributed by atoms with Crippen molar-refractivity contribution in [1.29, 1.82) is 0 Å². The van der Waals surface area contributed by atoms with E-state index in [4.69, 9.17) is 18.9 Å². The van der Waals surface area contributed by atoms with Gasteiger partial charge in [-0.2, -0.15) is 0 Å². The van der Waals surface area contributed by atoms with E-state index < -0.39 is 57.1 Å². The summed E-state index contributed by atoms with van der Waals surface area (Å²) in [6.45, 7) is 13.6. The van der Waals surface area contributed by atoms with Crippen LogP contribution >= 0.6 is 0 Å². The lowest BCUT2D eigenvalue weighted by Gasteiger charge is -2.66. The summed E-state index contributed by atoms with van der Waals surface area (Å²) in [6, 6.07) is 0. The largest absolute Gasteiger partial charge is 0.468 e. The first-order valence-electron chi connectivity index (χ1n) is 13.6. The summed E-state index contributed by atoms with van der Waals surface area (Å²) in [7, 11) is 1.26. The molecule has 0 spiro atoms. The van der Waals surface area contributed by atoms with Gasteiger partial charge in [-0.1, -0.05) is 32.4 Å². The van der Waals surface area contributed by atoms with Crippen molar-refractivity contribution in [2.24, 2.45) is 38.9 Å². The first kappa shape index (κ1) is 27.6. The zero-order chi connectivity index (χ0) is 29.1. The summed E-state index contributed by atoms with van der Waals surface area (Å²) < 4.78 is 23.1. The number of methoxy groups -OCH3 is 1. The van der Waals surface area contributed by atoms with Gasteiger partial charge in [0.25, 0.3) is 0 Å². The lowest BCUT2D eigenvalue weighted by molar-refractivity contribution is -0.218. The minimum absolute atomic E-state index is 0.00357. The Morgan fingerprint density at radius 1 is 1.03 bits per heavy atom. The van der Waals surface area contributed by atoms with E-state index in [0.29, 0.717) is 18.4 Å². The number of carbonyl (C=O) groups excluding carboxylic acids is 5. The summed E-state index contributed by atoms with van der Waals surface area (Å²) in [5.41, 5.74) is -5.02. The average Bonchev–Trinajstić information content (AvgIpc) is 3.17. The minimum atomic E-state index is -1.70. The summed E-state index contributed by atoms with van der Waals surface area (Å²) in [5, 5.41) is 0. The minimum Gasteiger partial charge on any atom is -0.468 e. The number of rotatable bonds is 3. The fraction of sp³-hybridized carbons (Fsp3) is 0.700. The van der Waals surface area contributed by atoms with Crippen molar-refractivity contribution >= 4 is 29.7 Å². The highest BCUT2D eigenvalue weighted by atomic mass is 16.6. The second-order valence-electron chi connectivity index (χ2n) is 13.1. The van der Waals surface area contributed by atoms with Gasteiger partial charge in [0.15, 0.2) is 5.78 Å². The molecule has 1 heterocycles. The van der Waals surface area contributed by atoms with Crippen molar-refractivity contribution < 1.29 is 42.9 Å². The fourth-order valence-corrected chi connectivity index (χ4v) is 9.85. The van der Waals surface area contributed by atoms with Crippen LogP contribution in [0.4, 0.5) is 0 Å². The van der Waals surface area contributed by atoms with Crippen molar-refractivity contribution in [2.75, 3.05) is 7.11 Å². The molecule has 0 aromatic rings. The van der Waals surface area contributed by atoms with Crippen molar-refractivity contribution in [3.63, 3.8) is 0 Å². The van der Waals surface area contributed by atoms with Gasteiger partial charge in [0.05, 0.1) is 17.9 Å². The molecule has 5 aliphatic rings. The molecule has 8 atom stereocenters. The first-order valence-corrected chi connectivity index (χ1v) is 13.6. The van der Waals surface area contributed by atoms with Crippen molar-refractivity contribution in [3.8, 4) is 0 Å². The van der Waals surface area contributed by atoms with E-state index in [2.05, 4.69) is 0 Å². The molecule has 0 amide bonds. The number of allylic oxidation sites excluding steroid dienone is 3. The Hall–Kier alpha value is -2.97. The van der Waals surface area contributed by atoms with E-state index in [1.165, 1.54) is 21.0 Å². The number of Topliss-reactive ketones (excluding diaryl/α,β-unsaturated/α-hetero) is 1. The van der Waals surface area contributed by atoms with Gasteiger partial charge in [-0.3, -0.25) is 24.0 Å². The lowest BCUT2D eigenvalue weighted by Crippen LogP contribution is -2.71. The van der Waals surface area contributed by atoms with Crippen LogP contribution in [-0.2, 0) is 42.9 Å². The highest BCUT2D eigenvalue weighted by Crippen LogP contribution is 2.79. The quantitative estimate of drug-likeness (QED) is 0.297. The SMILES string of the molecule is COC(=O)[C@]12C(OC(C)=O)=C(C)C(=O)[C@@]1(C)C(C)=C[C@@H]1[C@@]34CC[C@@H](OC(C)=O)C(C)(C)[C@H]3[C@@H](C[C@]12C)OC4=O. The van der Waals surface area contributed by atoms with Crippen LogP contribution in [0.3, 0.4) is 0 Å². The maximum atomic E-state index is 14.2. The Kier molecular flexibility index (Phi) is 5.69. The van der Waals surface area contributed by atoms with E-state index >= 15 is 0 Å². The number of esters is 4. The van der Waals surface area contributed by atoms with E-state index in [0.717, 1.165) is 0 Å². The van der Waals surface area contributed by atoms with Crippen molar-refractivity contribution in [1.82, 2.24) is 0 Å². The molecule has 0 unspecified atom stereocenters. The second-order valence-corrected chi connectivity index (χ2v) is 13.1. The molecular weight excluding hydrogens is 504 g/mol. The van der Waals surface area contributed by atoms with Crippen LogP contribution in [0, 0.1) is 38.9 Å². The summed E-state index contributed by atoms with van der Waals surface area (Å²) >= 11 is 0. The molecule has 9 heteroatoms. The van der Waals surface area contributed by atoms with Crippen LogP contribution in [0.1, 0.15) is 74.7 Å². The van der Waals surface area contributed by atoms with Crippen LogP contribution < -0.4 is 0 Å². The van der Waals surface area contributed by atoms with Gasteiger partial charge in [-0.25, -0.2) is 0 Å². The van der Waals surface area contributed by atoms with E-state index in [1.54, 1.807) is 20.8 Å². The third-order valence-electron chi connectivity index (χ3n) is 11.2. The molecule has 9 nitrogen and oxygen atoms in total. The molecule has 0 aromatic heterocycles. The number of fused-ring (bicyclic) bond motifs is 3. The smallest absolute Gasteiger partial charge is 0.321 e. The standard InChI is InChI=1S/C30H38O9/c1-14-12-19-27(7,30(25(35)36-9)23(38-17(4)32)15(2)22(33)28(14,30)8)13-18-21-26(5,6)20(37-16(3)31)10-11-29(19,21)24(34)39-18/h12,18-21H,10-11,13H2,1-9H3/t18-,19+,20-,21-,27-,28-,29+,30+/m1/s1. The first-order chi connectivity index (χ1) is 18.0. The predicted octanol–water partition coefficient (Wildman–Crippen LogP) is 3.84. The molecule has 2 saturated carbocycles. The number of ether oxygens (including phenoxy) is 4. The van der Waals surface area contributed by atoms with E-state index in [-0.39, 0.29) is 41.4 Å². The molecule has 39 heavy (non-hydrogen) atoms. The Morgan fingerprint density at radius 3 is 2.23 bits per heavy atom. The van der Waals surface area contributed by atoms with Gasteiger partial charge in [0.2, 0.25) is 0 Å². The topological polar surface area (TPSA) is 122 Å². The normalized spacial score (nSPS) is 43.5. The second kappa shape index (κ2) is 8.04. The Balaban J connectivity index is 1.82. The molecular formula is C30H38O9. The van der Waals surface area contributed by atoms with Gasteiger partial charge in [-0.15, -0.1) is 0 Å². The van der Waals surface area contributed by atoms with Crippen LogP contribution in [0.15, 0.2) is 23.0 Å². The number of hydrogen-bond donors (Lipinski definition) is 0. The Bertz CT molecular complexity index is 1290. The molecule has 2 bridgehead atoms. The van der Waals surface area contributed by atoms with Gasteiger partial charge < -0.3 is 18.9 Å². The number of ketones is 1. The molecule has 0 radical (unpaired) electrons. The van der Waals surface area contributed by atoms with E-state index in [9.17, 15) is 24.0 Å². The van der Waals surface area contributed by atoms with Crippen molar-refractivity contribution in [2.45, 2.75) is 86.9 Å². The average molecular weight is 543 g/mol. The summed E-state index contributed by atoms with van der Waals surface area (Å²) in [6.07, 6.45) is 2.02. The zero-order valence-corrected chi connectivity index (χ0v) is 24.2. The molecule has 4 aliphatic carbocycles. The number of hydrogen-bond acceptors (Lipinski definition) is 9. The fourth-order valence-electron chi connectivity index (χ4n) is 9.85. The van der Waals surface area contributed by atoms with Gasteiger partial charge in [-0.05, 0) is 40.0 Å². The molecule has 1 saturated heterocycles. The van der Waals surface area contributed by atoms with Crippen LogP contribution in [-0.4, -0.2) is 49.0 Å². The number of carbonyl (C=O) groups is 5. The predicted molar refractivity (Wildman–Crippen MR) is 136 cm³/mol. The molecule has 0 aromatic carbocycles. The molecule has 1 aliphatic heterocycles. The van der Waals surface area contributed by atoms with Crippen LogP contribution in [0.5, 0.6) is 0 Å². The van der Waals surface area contributed by atoms with Crippen LogP contribution in [0.25, 0.3) is 0 Å². The van der Waals surface area contributed by atoms with Crippen LogP contribution in [0.2, 0.25) is 0 Å². The highest BCUT2D eigenvalue weighted by molar-refractivity contribution is 6.12. The molecule has 0 N–H and O–H groups in total. The third-order valence-corrected chi connectivity index (χ3v) is 11.2. The summed E-state index contributed by atoms with van der Waals surface area (Å²) in [5.74, 6) is -3.21. The maximum Gasteiger partial charge on any atom is 0.321 e.